The van der Waals surface area contributed by atoms with Crippen molar-refractivity contribution in [1.29, 1.82) is 0 Å². The van der Waals surface area contributed by atoms with E-state index in [9.17, 15) is 0 Å². The van der Waals surface area contributed by atoms with E-state index in [1.54, 1.807) is 12.1 Å². The number of anilines is 1. The van der Waals surface area contributed by atoms with Crippen molar-refractivity contribution in [3.8, 4) is 51.3 Å². The number of nitrogens with one attached hydrogen (secondary N) is 1. The predicted molar refractivity (Wildman–Crippen MR) is 84.9 cm³/mol. The Bertz CT molecular complexity index is 711. The first-order valence-electron chi connectivity index (χ1n) is 6.24. The van der Waals surface area contributed by atoms with Crippen molar-refractivity contribution in [2.45, 2.75) is 20.0 Å². The Morgan fingerprint density at radius 3 is 2.23 bits per heavy atom. The fraction of sp³-hybridized carbons (Fsp3) is 0.176. The molecule has 22 heavy (non-hydrogen) atoms. The van der Waals surface area contributed by atoms with E-state index in [1.165, 1.54) is 0 Å². The number of hydrogen-bond donors (Lipinski definition) is 1. The second kappa shape index (κ2) is 11.3. The summed E-state index contributed by atoms with van der Waals surface area (Å²) in [7, 11) is 0. The van der Waals surface area contributed by atoms with Crippen LogP contribution in [0.4, 0.5) is 5.69 Å². The van der Waals surface area contributed by atoms with Gasteiger partial charge in [0.05, 0.1) is 6.10 Å². The Kier molecular flexibility index (Phi) is 9.07. The van der Waals surface area contributed by atoms with Crippen molar-refractivity contribution >= 4 is 28.2 Å². The molecule has 0 aliphatic carbocycles. The molecule has 0 atom stereocenters. The Hall–Kier alpha value is -2.38. The Morgan fingerprint density at radius 1 is 0.955 bits per heavy atom. The molecule has 0 saturated carbocycles. The summed E-state index contributed by atoms with van der Waals surface area (Å²) in [6, 6.07) is 7.23. The molecule has 1 aromatic carbocycles. The van der Waals surface area contributed by atoms with E-state index in [-0.39, 0.29) is 6.10 Å². The molecule has 1 N–H and O–H groups in total. The second-order valence-electron chi connectivity index (χ2n) is 3.94. The maximum absolute atomic E-state index is 5.52. The number of hydrogen-bond acceptors (Lipinski definition) is 4. The SMILES string of the molecule is CC(C)Oc1ccc(NOOC#CC#CC#CC#[C][Sn])cc1. The van der Waals surface area contributed by atoms with Crippen molar-refractivity contribution < 1.29 is 14.6 Å². The minimum atomic E-state index is 0.134. The van der Waals surface area contributed by atoms with Crippen molar-refractivity contribution in [3.63, 3.8) is 0 Å². The van der Waals surface area contributed by atoms with Gasteiger partial charge in [0.25, 0.3) is 0 Å². The van der Waals surface area contributed by atoms with E-state index < -0.39 is 0 Å². The molecule has 3 radical (unpaired) electrons. The van der Waals surface area contributed by atoms with Crippen LogP contribution in [0.15, 0.2) is 24.3 Å². The Balaban J connectivity index is 2.30. The molecule has 1 rings (SSSR count). The van der Waals surface area contributed by atoms with Gasteiger partial charge < -0.3 is 4.74 Å². The topological polar surface area (TPSA) is 39.7 Å². The van der Waals surface area contributed by atoms with Gasteiger partial charge in [-0.1, -0.05) is 0 Å². The Morgan fingerprint density at radius 2 is 1.59 bits per heavy atom. The zero-order valence-corrected chi connectivity index (χ0v) is 15.0. The van der Waals surface area contributed by atoms with Crippen LogP contribution in [0.3, 0.4) is 0 Å². The van der Waals surface area contributed by atoms with Gasteiger partial charge in [-0.05, 0) is 38.1 Å². The summed E-state index contributed by atoms with van der Waals surface area (Å²) in [5.41, 5.74) is 3.28. The molecule has 0 spiro atoms. The third-order valence-corrected chi connectivity index (χ3v) is 2.25. The van der Waals surface area contributed by atoms with Gasteiger partial charge >= 0.3 is 89.1 Å². The maximum Gasteiger partial charge on any atom is -0.0178 e. The van der Waals surface area contributed by atoms with E-state index in [2.05, 4.69) is 55.9 Å². The van der Waals surface area contributed by atoms with Gasteiger partial charge in [0.2, 0.25) is 0 Å². The number of rotatable bonds is 5. The van der Waals surface area contributed by atoms with E-state index >= 15 is 0 Å². The zero-order chi connectivity index (χ0) is 16.0. The molecule has 0 saturated heterocycles. The monoisotopic (exact) mass is 398 g/mol. The molecule has 4 nitrogen and oxygen atoms in total. The molecule has 0 unspecified atom stereocenters. The maximum atomic E-state index is 5.52. The smallest absolute Gasteiger partial charge is 0.0178 e. The molecular weight excluding hydrogens is 385 g/mol. The van der Waals surface area contributed by atoms with E-state index in [0.29, 0.717) is 5.69 Å². The molecule has 0 amide bonds. The minimum absolute atomic E-state index is 0.134. The van der Waals surface area contributed by atoms with Crippen LogP contribution in [0.5, 0.6) is 5.75 Å². The number of ether oxygens (including phenoxy) is 1. The van der Waals surface area contributed by atoms with Gasteiger partial charge in [0.15, 0.2) is 0 Å². The molecule has 1 aromatic rings. The summed E-state index contributed by atoms with van der Waals surface area (Å²) in [5, 5.41) is 0. The quantitative estimate of drug-likeness (QED) is 0.271. The summed E-state index contributed by atoms with van der Waals surface area (Å²) in [5.74, 6) is 15.8. The summed E-state index contributed by atoms with van der Waals surface area (Å²) in [4.78, 5) is 9.28. The fourth-order valence-corrected chi connectivity index (χ4v) is 1.34. The number of benzene rings is 1. The average molecular weight is 397 g/mol. The minimum Gasteiger partial charge on any atom is -0.0328 e. The van der Waals surface area contributed by atoms with E-state index in [4.69, 9.17) is 9.73 Å². The second-order valence-corrected chi connectivity index (χ2v) is 4.65. The van der Waals surface area contributed by atoms with Gasteiger partial charge in [-0.3, -0.25) is 0 Å². The summed E-state index contributed by atoms with van der Waals surface area (Å²) < 4.78 is 8.24. The standard InChI is InChI=1S/C17H12NO3.Sn/c1-4-5-6-7-8-9-14-19-21-18-16-10-12-17(13-11-16)20-15(2)3;/h10-13,15,18H,2-3H3;. The van der Waals surface area contributed by atoms with Gasteiger partial charge in [0.1, 0.15) is 5.75 Å². The Labute approximate surface area is 143 Å². The molecule has 0 aliphatic heterocycles. The predicted octanol–water partition coefficient (Wildman–Crippen LogP) is 1.85. The van der Waals surface area contributed by atoms with Crippen molar-refractivity contribution in [3.05, 3.63) is 24.3 Å². The average Bonchev–Trinajstić information content (AvgIpc) is 2.50. The van der Waals surface area contributed by atoms with Crippen molar-refractivity contribution in [2.75, 3.05) is 5.48 Å². The molecule has 0 bridgehead atoms. The van der Waals surface area contributed by atoms with Gasteiger partial charge in [-0.25, -0.2) is 0 Å². The zero-order valence-electron chi connectivity index (χ0n) is 12.1. The van der Waals surface area contributed by atoms with Gasteiger partial charge in [-0.2, -0.15) is 0 Å². The van der Waals surface area contributed by atoms with Crippen LogP contribution in [0.1, 0.15) is 13.8 Å². The van der Waals surface area contributed by atoms with Crippen molar-refractivity contribution in [1.82, 2.24) is 0 Å². The molecular formula is C17H12NO3Sn. The molecule has 0 heterocycles. The first-order chi connectivity index (χ1) is 10.7. The molecule has 107 valence electrons. The summed E-state index contributed by atoms with van der Waals surface area (Å²) in [6.07, 6.45) is 2.39. The van der Waals surface area contributed by atoms with Crippen molar-refractivity contribution in [2.24, 2.45) is 0 Å². The van der Waals surface area contributed by atoms with Crippen LogP contribution in [-0.2, 0) is 9.88 Å². The molecule has 0 aromatic heterocycles. The summed E-state index contributed by atoms with van der Waals surface area (Å²) >= 11 is 1.12. The first kappa shape index (κ1) is 17.7. The van der Waals surface area contributed by atoms with Crippen LogP contribution in [-0.4, -0.2) is 28.6 Å². The van der Waals surface area contributed by atoms with E-state index in [1.807, 2.05) is 26.0 Å². The third kappa shape index (κ3) is 8.72. The van der Waals surface area contributed by atoms with Crippen LogP contribution >= 0.6 is 0 Å². The summed E-state index contributed by atoms with van der Waals surface area (Å²) in [6.45, 7) is 3.93. The van der Waals surface area contributed by atoms with Crippen LogP contribution in [0.2, 0.25) is 0 Å². The van der Waals surface area contributed by atoms with Crippen LogP contribution in [0, 0.1) is 45.6 Å². The van der Waals surface area contributed by atoms with Crippen LogP contribution in [0.25, 0.3) is 0 Å². The van der Waals surface area contributed by atoms with Gasteiger partial charge in [-0.15, -0.1) is 0 Å². The van der Waals surface area contributed by atoms with E-state index in [0.717, 1.165) is 28.3 Å². The third-order valence-electron chi connectivity index (χ3n) is 1.89. The fourth-order valence-electron chi connectivity index (χ4n) is 1.17. The van der Waals surface area contributed by atoms with Gasteiger partial charge in [0, 0.05) is 0 Å². The molecule has 0 aliphatic rings. The molecule has 5 heteroatoms. The first-order valence-corrected chi connectivity index (χ1v) is 7.67. The normalized spacial score (nSPS) is 7.82. The molecule has 0 fully saturated rings. The largest absolute Gasteiger partial charge is 0.0328 e. The van der Waals surface area contributed by atoms with Crippen LogP contribution < -0.4 is 10.2 Å².